The molecule has 0 aromatic heterocycles. The zero-order valence-corrected chi connectivity index (χ0v) is 21.1. The number of likely N-dealkylation sites (tertiary alicyclic amines) is 1. The van der Waals surface area contributed by atoms with Gasteiger partial charge in [0.2, 0.25) is 0 Å². The summed E-state index contributed by atoms with van der Waals surface area (Å²) in [5, 5.41) is 17.9. The Morgan fingerprint density at radius 1 is 0.886 bits per heavy atom. The van der Waals surface area contributed by atoms with E-state index < -0.39 is 0 Å². The summed E-state index contributed by atoms with van der Waals surface area (Å²) >= 11 is 0. The van der Waals surface area contributed by atoms with Gasteiger partial charge >= 0.3 is 0 Å². The first kappa shape index (κ1) is 26.4. The van der Waals surface area contributed by atoms with Crippen molar-refractivity contribution < 1.29 is 19.7 Å². The molecule has 1 saturated heterocycles. The van der Waals surface area contributed by atoms with Gasteiger partial charge in [0.1, 0.15) is 29.6 Å². The molecular weight excluding hydrogens is 438 g/mol. The molecule has 1 fully saturated rings. The Labute approximate surface area is 210 Å². The van der Waals surface area contributed by atoms with E-state index >= 15 is 0 Å². The van der Waals surface area contributed by atoms with Crippen molar-refractivity contribution in [3.8, 4) is 23.0 Å². The van der Waals surface area contributed by atoms with Crippen LogP contribution in [0.1, 0.15) is 51.5 Å². The maximum atomic E-state index is 9.32. The fourth-order valence-corrected chi connectivity index (χ4v) is 4.37. The maximum absolute atomic E-state index is 9.32. The highest BCUT2D eigenvalue weighted by atomic mass is 16.5. The smallest absolute Gasteiger partial charge is 0.123 e. The summed E-state index contributed by atoms with van der Waals surface area (Å²) in [5.74, 6) is 3.02. The van der Waals surface area contributed by atoms with Crippen molar-refractivity contribution in [1.82, 2.24) is 4.90 Å². The molecule has 188 valence electrons. The van der Waals surface area contributed by atoms with Gasteiger partial charge in [0.05, 0.1) is 6.10 Å². The second-order valence-electron chi connectivity index (χ2n) is 9.34. The number of hydrogen-bond acceptors (Lipinski definition) is 5. The van der Waals surface area contributed by atoms with Crippen molar-refractivity contribution >= 4 is 0 Å². The highest BCUT2D eigenvalue weighted by molar-refractivity contribution is 5.43. The fraction of sp³-hybridized carbons (Fsp3) is 0.400. The summed E-state index contributed by atoms with van der Waals surface area (Å²) in [6, 6.07) is 24.6. The number of rotatable bonds is 4. The first-order valence-electron chi connectivity index (χ1n) is 12.6. The van der Waals surface area contributed by atoms with Crippen LogP contribution < -0.4 is 9.47 Å². The van der Waals surface area contributed by atoms with Crippen LogP contribution in [0.25, 0.3) is 0 Å². The quantitative estimate of drug-likeness (QED) is 0.443. The minimum absolute atomic E-state index is 0.284. The number of nitrogens with zero attached hydrogens (tertiary/aromatic N) is 1. The Bertz CT molecular complexity index is 990. The van der Waals surface area contributed by atoms with E-state index in [1.807, 2.05) is 42.5 Å². The molecule has 5 heteroatoms. The van der Waals surface area contributed by atoms with E-state index in [2.05, 4.69) is 25.7 Å². The van der Waals surface area contributed by atoms with Gasteiger partial charge in [0.25, 0.3) is 0 Å². The average Bonchev–Trinajstić information content (AvgIpc) is 3.40. The van der Waals surface area contributed by atoms with E-state index in [0.717, 1.165) is 30.1 Å². The zero-order valence-electron chi connectivity index (χ0n) is 21.1. The van der Waals surface area contributed by atoms with E-state index in [-0.39, 0.29) is 6.10 Å². The Morgan fingerprint density at radius 3 is 2.11 bits per heavy atom. The van der Waals surface area contributed by atoms with Gasteiger partial charge in [-0.3, -0.25) is 4.90 Å². The topological polar surface area (TPSA) is 62.2 Å². The fourth-order valence-electron chi connectivity index (χ4n) is 4.37. The van der Waals surface area contributed by atoms with Crippen molar-refractivity contribution in [3.05, 3.63) is 84.4 Å². The lowest BCUT2D eigenvalue weighted by Gasteiger charge is -2.28. The van der Waals surface area contributed by atoms with Crippen LogP contribution in [-0.2, 0) is 0 Å². The molecule has 2 N–H and O–H groups in total. The number of fused-ring (bicyclic) bond motifs is 1. The van der Waals surface area contributed by atoms with Crippen molar-refractivity contribution in [3.63, 3.8) is 0 Å². The number of para-hydroxylation sites is 2. The van der Waals surface area contributed by atoms with E-state index in [1.165, 1.54) is 25.9 Å². The zero-order chi connectivity index (χ0) is 25.0. The third kappa shape index (κ3) is 8.84. The Kier molecular flexibility index (Phi) is 10.3. The molecule has 2 heterocycles. The van der Waals surface area contributed by atoms with E-state index in [9.17, 15) is 5.11 Å². The maximum Gasteiger partial charge on any atom is 0.123 e. The summed E-state index contributed by atoms with van der Waals surface area (Å²) in [4.78, 5) is 2.50. The third-order valence-electron chi connectivity index (χ3n) is 6.29. The molecule has 3 aromatic carbocycles. The molecule has 5 nitrogen and oxygen atoms in total. The molecule has 2 aliphatic heterocycles. The van der Waals surface area contributed by atoms with Crippen LogP contribution in [0.5, 0.6) is 23.0 Å². The van der Waals surface area contributed by atoms with Crippen LogP contribution in [0.15, 0.2) is 78.9 Å². The number of hydrogen-bond donors (Lipinski definition) is 2. The molecule has 5 rings (SSSR count). The van der Waals surface area contributed by atoms with Gasteiger partial charge in [0, 0.05) is 11.6 Å². The molecular formula is C30H39NO4. The Hall–Kier alpha value is -3.18. The lowest BCUT2D eigenvalue weighted by molar-refractivity contribution is 0.172. The molecule has 35 heavy (non-hydrogen) atoms. The summed E-state index contributed by atoms with van der Waals surface area (Å²) < 4.78 is 11.4. The van der Waals surface area contributed by atoms with Crippen LogP contribution in [0.4, 0.5) is 0 Å². The van der Waals surface area contributed by atoms with Gasteiger partial charge in [-0.25, -0.2) is 0 Å². The number of phenols is 2. The Balaban J connectivity index is 0.000000156. The van der Waals surface area contributed by atoms with Crippen LogP contribution in [0, 0.1) is 0 Å². The summed E-state index contributed by atoms with van der Waals surface area (Å²) in [6.07, 6.45) is 3.99. The van der Waals surface area contributed by atoms with E-state index in [1.54, 1.807) is 36.4 Å². The van der Waals surface area contributed by atoms with E-state index in [4.69, 9.17) is 14.6 Å². The van der Waals surface area contributed by atoms with Crippen molar-refractivity contribution in [2.24, 2.45) is 0 Å². The second-order valence-corrected chi connectivity index (χ2v) is 9.34. The van der Waals surface area contributed by atoms with Crippen molar-refractivity contribution in [2.75, 3.05) is 19.7 Å². The van der Waals surface area contributed by atoms with Crippen LogP contribution >= 0.6 is 0 Å². The summed E-state index contributed by atoms with van der Waals surface area (Å²) in [6.45, 7) is 9.75. The van der Waals surface area contributed by atoms with Crippen LogP contribution in [-0.4, -0.2) is 47.0 Å². The SMILES string of the molecule is CC1C[C@H](C)c2cc(O)ccc2O1.C[C@@H](COc1ccccc1)N1CCCC1.Oc1ccccc1. The number of ether oxygens (including phenoxy) is 2. The van der Waals surface area contributed by atoms with Crippen LogP contribution in [0.3, 0.4) is 0 Å². The molecule has 0 aliphatic carbocycles. The minimum atomic E-state index is 0.284. The predicted octanol–water partition coefficient (Wildman–Crippen LogP) is 6.61. The molecule has 0 amide bonds. The standard InChI is InChI=1S/C13H19NO.C11H14O2.C6H6O/c1-12(14-9-5-6-10-14)11-15-13-7-3-2-4-8-13;1-7-5-8(2)13-11-4-3-9(12)6-10(7)11;7-6-4-2-1-3-5-6/h2-4,7-8,12H,5-6,9-11H2,1H3;3-4,6-8,12H,5H2,1-2H3;1-5,7H/t12-;7-,8?;/m00./s1. The summed E-state index contributed by atoms with van der Waals surface area (Å²) in [5.41, 5.74) is 1.12. The summed E-state index contributed by atoms with van der Waals surface area (Å²) in [7, 11) is 0. The first-order chi connectivity index (χ1) is 16.9. The molecule has 3 aromatic rings. The molecule has 0 saturated carbocycles. The van der Waals surface area contributed by atoms with Gasteiger partial charge in [-0.05, 0) is 94.6 Å². The highest BCUT2D eigenvalue weighted by Gasteiger charge is 2.22. The largest absolute Gasteiger partial charge is 0.508 e. The number of benzene rings is 3. The Morgan fingerprint density at radius 2 is 1.51 bits per heavy atom. The van der Waals surface area contributed by atoms with Gasteiger partial charge in [-0.1, -0.05) is 43.3 Å². The molecule has 1 unspecified atom stereocenters. The van der Waals surface area contributed by atoms with Gasteiger partial charge in [-0.15, -0.1) is 0 Å². The van der Waals surface area contributed by atoms with Crippen LogP contribution in [0.2, 0.25) is 0 Å². The molecule has 0 radical (unpaired) electrons. The first-order valence-corrected chi connectivity index (χ1v) is 12.6. The van der Waals surface area contributed by atoms with Gasteiger partial charge in [-0.2, -0.15) is 0 Å². The number of phenolic OH excluding ortho intramolecular Hbond substituents is 2. The minimum Gasteiger partial charge on any atom is -0.508 e. The third-order valence-corrected chi connectivity index (χ3v) is 6.29. The van der Waals surface area contributed by atoms with E-state index in [0.29, 0.717) is 23.5 Å². The highest BCUT2D eigenvalue weighted by Crippen LogP contribution is 2.37. The van der Waals surface area contributed by atoms with Crippen molar-refractivity contribution in [1.29, 1.82) is 0 Å². The second kappa shape index (κ2) is 13.6. The normalized spacial score (nSPS) is 19.6. The molecule has 3 atom stereocenters. The van der Waals surface area contributed by atoms with Gasteiger partial charge < -0.3 is 19.7 Å². The number of aromatic hydroxyl groups is 2. The molecule has 0 bridgehead atoms. The molecule has 2 aliphatic rings. The van der Waals surface area contributed by atoms with Gasteiger partial charge in [0.15, 0.2) is 0 Å². The monoisotopic (exact) mass is 477 g/mol. The predicted molar refractivity (Wildman–Crippen MR) is 142 cm³/mol. The molecule has 0 spiro atoms. The van der Waals surface area contributed by atoms with Crippen molar-refractivity contribution in [2.45, 2.75) is 58.1 Å². The lowest BCUT2D eigenvalue weighted by atomic mass is 9.92. The average molecular weight is 478 g/mol. The lowest BCUT2D eigenvalue weighted by Crippen LogP contribution is -2.34.